The van der Waals surface area contributed by atoms with Gasteiger partial charge >= 0.3 is 0 Å². The first kappa shape index (κ1) is 16.3. The number of hydrogen-bond acceptors (Lipinski definition) is 6. The lowest BCUT2D eigenvalue weighted by Gasteiger charge is -2.37. The van der Waals surface area contributed by atoms with Gasteiger partial charge in [-0.15, -0.1) is 5.53 Å². The van der Waals surface area contributed by atoms with Gasteiger partial charge in [0.1, 0.15) is 11.6 Å². The summed E-state index contributed by atoms with van der Waals surface area (Å²) >= 11 is 0. The molecule has 20 heavy (non-hydrogen) atoms. The quantitative estimate of drug-likeness (QED) is 0.687. The van der Waals surface area contributed by atoms with E-state index in [4.69, 9.17) is 0 Å². The second-order valence-corrected chi connectivity index (χ2v) is 4.92. The van der Waals surface area contributed by atoms with Crippen molar-refractivity contribution in [3.05, 3.63) is 0 Å². The van der Waals surface area contributed by atoms with Gasteiger partial charge < -0.3 is 0 Å². The molecule has 1 rings (SSSR count). The molecule has 1 heterocycles. The molecule has 0 spiro atoms. The highest BCUT2D eigenvalue weighted by atomic mass is 16.2. The lowest BCUT2D eigenvalue weighted by Crippen LogP contribution is -2.65. The highest BCUT2D eigenvalue weighted by Gasteiger charge is 2.31. The molecule has 2 amide bonds. The predicted octanol–water partition coefficient (Wildman–Crippen LogP) is -0.826. The van der Waals surface area contributed by atoms with Crippen LogP contribution in [0.2, 0.25) is 0 Å². The van der Waals surface area contributed by atoms with Crippen molar-refractivity contribution >= 4 is 23.4 Å². The third-order valence-electron chi connectivity index (χ3n) is 3.19. The summed E-state index contributed by atoms with van der Waals surface area (Å²) in [5.74, 6) is -1.49. The number of nitrogens with zero attached hydrogens (tertiary/aromatic N) is 2. The van der Waals surface area contributed by atoms with E-state index in [-0.39, 0.29) is 30.4 Å². The molecule has 2 unspecified atom stereocenters. The number of ketones is 2. The molecular weight excluding hydrogens is 264 g/mol. The summed E-state index contributed by atoms with van der Waals surface area (Å²) in [4.78, 5) is 46.3. The van der Waals surface area contributed by atoms with Crippen molar-refractivity contribution in [2.45, 2.75) is 40.2 Å². The average molecular weight is 284 g/mol. The van der Waals surface area contributed by atoms with E-state index in [0.29, 0.717) is 0 Å². The van der Waals surface area contributed by atoms with Crippen LogP contribution in [0.15, 0.2) is 0 Å². The molecule has 0 radical (unpaired) electrons. The van der Waals surface area contributed by atoms with Gasteiger partial charge in [0.05, 0.1) is 6.04 Å². The number of nitrogens with one attached hydrogen (secondary N) is 2. The van der Waals surface area contributed by atoms with Crippen molar-refractivity contribution < 1.29 is 19.2 Å². The summed E-state index contributed by atoms with van der Waals surface area (Å²) in [6, 6.07) is -0.658. The summed E-state index contributed by atoms with van der Waals surface area (Å²) < 4.78 is 0. The minimum Gasteiger partial charge on any atom is -0.300 e. The molecule has 1 aliphatic rings. The second-order valence-electron chi connectivity index (χ2n) is 4.92. The van der Waals surface area contributed by atoms with E-state index in [0.717, 1.165) is 5.12 Å². The first-order chi connectivity index (χ1) is 9.22. The summed E-state index contributed by atoms with van der Waals surface area (Å²) in [7, 11) is 0. The van der Waals surface area contributed by atoms with Crippen molar-refractivity contribution in [1.29, 1.82) is 0 Å². The standard InChI is InChI=1S/C12H20N4O4/c1-7(17)11-5-12(8(2)18)13-16(10(4)20)14-15(6-11)9(3)19/h11-14H,5-6H2,1-4H3. The fourth-order valence-corrected chi connectivity index (χ4v) is 1.89. The van der Waals surface area contributed by atoms with Gasteiger partial charge in [-0.25, -0.2) is 5.43 Å². The van der Waals surface area contributed by atoms with Gasteiger partial charge in [0.25, 0.3) is 0 Å². The van der Waals surface area contributed by atoms with Crippen LogP contribution in [0.1, 0.15) is 34.1 Å². The van der Waals surface area contributed by atoms with Crippen molar-refractivity contribution in [3.63, 3.8) is 0 Å². The lowest BCUT2D eigenvalue weighted by atomic mass is 9.94. The minimum atomic E-state index is -0.658. The molecule has 1 aliphatic heterocycles. The number of hydrogen-bond donors (Lipinski definition) is 2. The largest absolute Gasteiger partial charge is 0.300 e. The van der Waals surface area contributed by atoms with Crippen LogP contribution in [0.25, 0.3) is 0 Å². The third-order valence-corrected chi connectivity index (χ3v) is 3.19. The van der Waals surface area contributed by atoms with Crippen LogP contribution in [0.4, 0.5) is 0 Å². The van der Waals surface area contributed by atoms with Crippen molar-refractivity contribution in [2.24, 2.45) is 5.92 Å². The van der Waals surface area contributed by atoms with E-state index < -0.39 is 17.9 Å². The average Bonchev–Trinajstić information content (AvgIpc) is 2.26. The monoisotopic (exact) mass is 284 g/mol. The summed E-state index contributed by atoms with van der Waals surface area (Å²) in [6.07, 6.45) is 0.236. The van der Waals surface area contributed by atoms with Crippen LogP contribution in [0.3, 0.4) is 0 Å². The van der Waals surface area contributed by atoms with E-state index >= 15 is 0 Å². The van der Waals surface area contributed by atoms with Crippen LogP contribution in [-0.2, 0) is 19.2 Å². The SMILES string of the molecule is CC(=O)C1CC(C(C)=O)NN(C(C)=O)NN(C(C)=O)C1. The zero-order chi connectivity index (χ0) is 15.4. The number of Topliss-reactive ketones (excluding diaryl/α,β-unsaturated/α-hetero) is 2. The van der Waals surface area contributed by atoms with Gasteiger partial charge in [0.2, 0.25) is 11.8 Å². The predicted molar refractivity (Wildman–Crippen MR) is 69.4 cm³/mol. The molecule has 0 aromatic carbocycles. The number of amides is 2. The Bertz CT molecular complexity index is 349. The molecule has 1 fully saturated rings. The maximum atomic E-state index is 11.6. The van der Waals surface area contributed by atoms with E-state index in [1.165, 1.54) is 32.7 Å². The summed E-state index contributed by atoms with van der Waals surface area (Å²) in [6.45, 7) is 5.54. The maximum Gasteiger partial charge on any atom is 0.249 e. The van der Waals surface area contributed by atoms with Gasteiger partial charge in [0, 0.05) is 26.3 Å². The summed E-state index contributed by atoms with van der Waals surface area (Å²) in [5.41, 5.74) is 5.28. The number of carbonyl (C=O) groups is 4. The van der Waals surface area contributed by atoms with Crippen molar-refractivity contribution in [2.75, 3.05) is 6.54 Å². The summed E-state index contributed by atoms with van der Waals surface area (Å²) in [5, 5.41) is 2.17. The Morgan fingerprint density at radius 3 is 1.95 bits per heavy atom. The van der Waals surface area contributed by atoms with E-state index in [2.05, 4.69) is 11.0 Å². The van der Waals surface area contributed by atoms with E-state index in [1.807, 2.05) is 0 Å². The highest BCUT2D eigenvalue weighted by molar-refractivity contribution is 5.85. The molecule has 2 atom stereocenters. The maximum absolute atomic E-state index is 11.6. The Balaban J connectivity index is 3.02. The molecule has 8 heteroatoms. The van der Waals surface area contributed by atoms with Gasteiger partial charge in [-0.3, -0.25) is 24.2 Å². The van der Waals surface area contributed by atoms with E-state index in [9.17, 15) is 19.2 Å². The number of rotatable bonds is 2. The Morgan fingerprint density at radius 1 is 0.950 bits per heavy atom. The smallest absolute Gasteiger partial charge is 0.249 e. The Hall–Kier alpha value is -1.80. The van der Waals surface area contributed by atoms with Gasteiger partial charge in [0.15, 0.2) is 0 Å². The van der Waals surface area contributed by atoms with Crippen LogP contribution in [0.5, 0.6) is 0 Å². The zero-order valence-corrected chi connectivity index (χ0v) is 12.1. The Morgan fingerprint density at radius 2 is 1.55 bits per heavy atom. The molecule has 0 saturated carbocycles. The van der Waals surface area contributed by atoms with Crippen LogP contribution in [0, 0.1) is 5.92 Å². The van der Waals surface area contributed by atoms with Crippen LogP contribution < -0.4 is 11.0 Å². The van der Waals surface area contributed by atoms with Gasteiger partial charge in [-0.05, 0) is 20.3 Å². The molecule has 112 valence electrons. The molecule has 0 aromatic rings. The Kier molecular flexibility index (Phi) is 5.34. The van der Waals surface area contributed by atoms with Crippen molar-refractivity contribution in [1.82, 2.24) is 21.1 Å². The first-order valence-electron chi connectivity index (χ1n) is 6.34. The van der Waals surface area contributed by atoms with Crippen LogP contribution in [-0.4, -0.2) is 46.1 Å². The third kappa shape index (κ3) is 4.10. The van der Waals surface area contributed by atoms with Gasteiger partial charge in [-0.1, -0.05) is 0 Å². The highest BCUT2D eigenvalue weighted by Crippen LogP contribution is 2.14. The normalized spacial score (nSPS) is 23.8. The fraction of sp³-hybridized carbons (Fsp3) is 0.667. The molecule has 0 aromatic heterocycles. The second kappa shape index (κ2) is 6.58. The lowest BCUT2D eigenvalue weighted by molar-refractivity contribution is -0.158. The molecule has 1 saturated heterocycles. The Labute approximate surface area is 117 Å². The van der Waals surface area contributed by atoms with Gasteiger partial charge in [-0.2, -0.15) is 5.12 Å². The first-order valence-corrected chi connectivity index (χ1v) is 6.34. The number of carbonyl (C=O) groups excluding carboxylic acids is 4. The molecule has 0 aliphatic carbocycles. The molecule has 0 bridgehead atoms. The van der Waals surface area contributed by atoms with Crippen molar-refractivity contribution in [3.8, 4) is 0 Å². The minimum absolute atomic E-state index is 0.109. The number of hydrazine groups is 3. The molecule has 8 nitrogen and oxygen atoms in total. The van der Waals surface area contributed by atoms with Crippen LogP contribution >= 0.6 is 0 Å². The zero-order valence-electron chi connectivity index (χ0n) is 12.1. The van der Waals surface area contributed by atoms with E-state index in [1.54, 1.807) is 0 Å². The topological polar surface area (TPSA) is 98.8 Å². The molecule has 2 N–H and O–H groups in total. The fourth-order valence-electron chi connectivity index (χ4n) is 1.89. The molecular formula is C12H20N4O4.